The summed E-state index contributed by atoms with van der Waals surface area (Å²) in [4.78, 5) is 46.2. The van der Waals surface area contributed by atoms with Crippen LogP contribution in [0.5, 0.6) is 0 Å². The molecule has 8 nitrogen and oxygen atoms in total. The maximum atomic E-state index is 11.9. The normalized spacial score (nSPS) is 9.73. The molecule has 0 radical (unpaired) electrons. The lowest BCUT2D eigenvalue weighted by Gasteiger charge is -2.08. The van der Waals surface area contributed by atoms with Crippen LogP contribution in [0, 0.1) is 0 Å². The third-order valence-electron chi connectivity index (χ3n) is 3.13. The van der Waals surface area contributed by atoms with Gasteiger partial charge in [-0.25, -0.2) is 4.79 Å². The molecule has 2 aromatic rings. The van der Waals surface area contributed by atoms with Gasteiger partial charge in [-0.2, -0.15) is 0 Å². The van der Waals surface area contributed by atoms with E-state index in [1.165, 1.54) is 31.2 Å². The van der Waals surface area contributed by atoms with Gasteiger partial charge in [-0.15, -0.1) is 0 Å². The Balaban J connectivity index is 1.77. The molecule has 2 aromatic carbocycles. The minimum Gasteiger partial charge on any atom is -0.452 e. The highest BCUT2D eigenvalue weighted by Crippen LogP contribution is 2.10. The van der Waals surface area contributed by atoms with Crippen LogP contribution in [-0.2, 0) is 14.3 Å². The molecular formula is C18H17N3O5. The Labute approximate surface area is 149 Å². The van der Waals surface area contributed by atoms with Gasteiger partial charge < -0.3 is 10.1 Å². The summed E-state index contributed by atoms with van der Waals surface area (Å²) in [5.74, 6) is -2.10. The number of benzene rings is 2. The number of hydrogen-bond acceptors (Lipinski definition) is 5. The van der Waals surface area contributed by atoms with Crippen LogP contribution in [-0.4, -0.2) is 30.3 Å². The smallest absolute Gasteiger partial charge is 0.338 e. The van der Waals surface area contributed by atoms with Crippen LogP contribution in [0.25, 0.3) is 0 Å². The van der Waals surface area contributed by atoms with Gasteiger partial charge in [0.1, 0.15) is 0 Å². The molecule has 0 spiro atoms. The summed E-state index contributed by atoms with van der Waals surface area (Å²) in [6.45, 7) is 0.818. The standard InChI is InChI=1S/C18H17N3O5/c1-12(22)19-15-9-7-14(8-10-15)18(25)26-11-16(23)20-21-17(24)13-5-3-2-4-6-13/h2-10H,11H2,1H3,(H,19,22)(H,20,23)(H,21,24). The third-order valence-corrected chi connectivity index (χ3v) is 3.13. The van der Waals surface area contributed by atoms with Crippen LogP contribution in [0.4, 0.5) is 5.69 Å². The molecule has 0 aliphatic rings. The van der Waals surface area contributed by atoms with Gasteiger partial charge in [0.2, 0.25) is 5.91 Å². The van der Waals surface area contributed by atoms with Crippen LogP contribution < -0.4 is 16.2 Å². The van der Waals surface area contributed by atoms with E-state index in [9.17, 15) is 19.2 Å². The van der Waals surface area contributed by atoms with E-state index < -0.39 is 24.4 Å². The van der Waals surface area contributed by atoms with Gasteiger partial charge in [0.25, 0.3) is 11.8 Å². The number of hydrogen-bond donors (Lipinski definition) is 3. The van der Waals surface area contributed by atoms with E-state index in [0.29, 0.717) is 11.3 Å². The second-order valence-corrected chi connectivity index (χ2v) is 5.20. The van der Waals surface area contributed by atoms with Crippen molar-refractivity contribution < 1.29 is 23.9 Å². The van der Waals surface area contributed by atoms with E-state index >= 15 is 0 Å². The largest absolute Gasteiger partial charge is 0.452 e. The SMILES string of the molecule is CC(=O)Nc1ccc(C(=O)OCC(=O)NNC(=O)c2ccccc2)cc1. The predicted molar refractivity (Wildman–Crippen MR) is 93.1 cm³/mol. The molecule has 0 aliphatic heterocycles. The second kappa shape index (κ2) is 8.97. The molecule has 0 saturated heterocycles. The number of ether oxygens (including phenoxy) is 1. The first-order valence-electron chi connectivity index (χ1n) is 7.64. The van der Waals surface area contributed by atoms with Gasteiger partial charge in [-0.1, -0.05) is 18.2 Å². The molecule has 2 rings (SSSR count). The lowest BCUT2D eigenvalue weighted by Crippen LogP contribution is -2.43. The van der Waals surface area contributed by atoms with E-state index in [1.807, 2.05) is 0 Å². The lowest BCUT2D eigenvalue weighted by molar-refractivity contribution is -0.125. The summed E-state index contributed by atoms with van der Waals surface area (Å²) in [5.41, 5.74) is 5.51. The minimum absolute atomic E-state index is 0.222. The van der Waals surface area contributed by atoms with Crippen molar-refractivity contribution >= 4 is 29.4 Å². The van der Waals surface area contributed by atoms with E-state index in [1.54, 1.807) is 30.3 Å². The summed E-state index contributed by atoms with van der Waals surface area (Å²) in [6.07, 6.45) is 0. The van der Waals surface area contributed by atoms with Crippen LogP contribution in [0.3, 0.4) is 0 Å². The monoisotopic (exact) mass is 355 g/mol. The van der Waals surface area contributed by atoms with Crippen molar-refractivity contribution in [3.05, 3.63) is 65.7 Å². The quantitative estimate of drug-likeness (QED) is 0.552. The summed E-state index contributed by atoms with van der Waals surface area (Å²) in [7, 11) is 0. The maximum absolute atomic E-state index is 11.9. The lowest BCUT2D eigenvalue weighted by atomic mass is 10.2. The average Bonchev–Trinajstić information content (AvgIpc) is 2.65. The zero-order valence-corrected chi connectivity index (χ0v) is 13.9. The Kier molecular flexibility index (Phi) is 6.44. The van der Waals surface area contributed by atoms with Crippen molar-refractivity contribution in [2.75, 3.05) is 11.9 Å². The van der Waals surface area contributed by atoms with E-state index in [-0.39, 0.29) is 11.5 Å². The molecule has 0 saturated carbocycles. The van der Waals surface area contributed by atoms with Crippen LogP contribution in [0.2, 0.25) is 0 Å². The van der Waals surface area contributed by atoms with Gasteiger partial charge in [-0.05, 0) is 36.4 Å². The van der Waals surface area contributed by atoms with Crippen molar-refractivity contribution in [3.8, 4) is 0 Å². The van der Waals surface area contributed by atoms with Crippen LogP contribution >= 0.6 is 0 Å². The van der Waals surface area contributed by atoms with Gasteiger partial charge in [-0.3, -0.25) is 25.2 Å². The van der Waals surface area contributed by atoms with Gasteiger partial charge in [0.05, 0.1) is 5.56 Å². The molecule has 0 fully saturated rings. The zero-order chi connectivity index (χ0) is 18.9. The van der Waals surface area contributed by atoms with Gasteiger partial charge in [0.15, 0.2) is 6.61 Å². The topological polar surface area (TPSA) is 114 Å². The number of carbonyl (C=O) groups is 4. The molecule has 0 aromatic heterocycles. The molecule has 0 heterocycles. The zero-order valence-electron chi connectivity index (χ0n) is 13.9. The maximum Gasteiger partial charge on any atom is 0.338 e. The fourth-order valence-corrected chi connectivity index (χ4v) is 1.93. The molecule has 26 heavy (non-hydrogen) atoms. The third kappa shape index (κ3) is 5.75. The molecule has 0 atom stereocenters. The molecule has 3 amide bonds. The number of carbonyl (C=O) groups excluding carboxylic acids is 4. The molecule has 8 heteroatoms. The highest BCUT2D eigenvalue weighted by atomic mass is 16.5. The van der Waals surface area contributed by atoms with E-state index in [4.69, 9.17) is 4.74 Å². The number of amides is 3. The Morgan fingerprint density at radius 1 is 0.846 bits per heavy atom. The van der Waals surface area contributed by atoms with Crippen molar-refractivity contribution in [2.24, 2.45) is 0 Å². The second-order valence-electron chi connectivity index (χ2n) is 5.20. The summed E-state index contributed by atoms with van der Waals surface area (Å²) >= 11 is 0. The minimum atomic E-state index is -0.705. The summed E-state index contributed by atoms with van der Waals surface area (Å²) in [5, 5.41) is 2.57. The van der Waals surface area contributed by atoms with E-state index in [2.05, 4.69) is 16.2 Å². The Bertz CT molecular complexity index is 803. The predicted octanol–water partition coefficient (Wildman–Crippen LogP) is 1.26. The summed E-state index contributed by atoms with van der Waals surface area (Å²) < 4.78 is 4.86. The Morgan fingerprint density at radius 3 is 2.12 bits per heavy atom. The molecule has 3 N–H and O–H groups in total. The number of nitrogens with one attached hydrogen (secondary N) is 3. The Hall–Kier alpha value is -3.68. The first-order valence-corrected chi connectivity index (χ1v) is 7.64. The fraction of sp³-hybridized carbons (Fsp3) is 0.111. The molecule has 0 unspecified atom stereocenters. The highest BCUT2D eigenvalue weighted by molar-refractivity contribution is 5.96. The number of anilines is 1. The van der Waals surface area contributed by atoms with Gasteiger partial charge in [0, 0.05) is 18.2 Å². The fourth-order valence-electron chi connectivity index (χ4n) is 1.93. The first kappa shape index (κ1) is 18.7. The van der Waals surface area contributed by atoms with Crippen molar-refractivity contribution in [1.82, 2.24) is 10.9 Å². The summed E-state index contributed by atoms with van der Waals surface area (Å²) in [6, 6.07) is 14.3. The van der Waals surface area contributed by atoms with Crippen LogP contribution in [0.1, 0.15) is 27.6 Å². The van der Waals surface area contributed by atoms with Gasteiger partial charge >= 0.3 is 5.97 Å². The number of esters is 1. The van der Waals surface area contributed by atoms with Crippen molar-refractivity contribution in [1.29, 1.82) is 0 Å². The number of rotatable bonds is 5. The molecular weight excluding hydrogens is 338 g/mol. The van der Waals surface area contributed by atoms with E-state index in [0.717, 1.165) is 0 Å². The van der Waals surface area contributed by atoms with Crippen molar-refractivity contribution in [3.63, 3.8) is 0 Å². The highest BCUT2D eigenvalue weighted by Gasteiger charge is 2.11. The first-order chi connectivity index (χ1) is 12.5. The van der Waals surface area contributed by atoms with Crippen molar-refractivity contribution in [2.45, 2.75) is 6.92 Å². The molecule has 0 aliphatic carbocycles. The molecule has 134 valence electrons. The Morgan fingerprint density at radius 2 is 1.50 bits per heavy atom. The average molecular weight is 355 g/mol. The van der Waals surface area contributed by atoms with Crippen LogP contribution in [0.15, 0.2) is 54.6 Å². The molecule has 0 bridgehead atoms. The number of hydrazine groups is 1.